The number of carbonyl (C=O) groups excluding carboxylic acids is 1. The number of nitrogens with zero attached hydrogens (tertiary/aromatic N) is 1. The smallest absolute Gasteiger partial charge is 0.257 e. The quantitative estimate of drug-likeness (QED) is 0.350. The molecular formula is C24H19BrN2OS. The van der Waals surface area contributed by atoms with Crippen LogP contribution in [-0.2, 0) is 12.8 Å². The molecule has 0 saturated carbocycles. The highest BCUT2D eigenvalue weighted by Crippen LogP contribution is 2.26. The molecule has 0 saturated heterocycles. The van der Waals surface area contributed by atoms with Crippen LogP contribution < -0.4 is 5.32 Å². The van der Waals surface area contributed by atoms with Crippen molar-refractivity contribution in [2.75, 3.05) is 5.32 Å². The number of aromatic nitrogens is 1. The standard InChI is InChI=1S/C24H19BrN2OS/c25-20-14-12-19(13-15-20)22-16-29-24(26-22)27-23(28)21-9-5-4-8-18(21)11-10-17-6-2-1-3-7-17/h1-9,12-16H,10-11H2,(H,26,27,28). The van der Waals surface area contributed by atoms with Crippen LogP contribution in [0.1, 0.15) is 21.5 Å². The molecule has 1 aromatic heterocycles. The molecule has 29 heavy (non-hydrogen) atoms. The fraction of sp³-hybridized carbons (Fsp3) is 0.0833. The predicted octanol–water partition coefficient (Wildman–Crippen LogP) is 6.61. The molecule has 144 valence electrons. The van der Waals surface area contributed by atoms with Crippen molar-refractivity contribution in [3.63, 3.8) is 0 Å². The molecule has 4 rings (SSSR count). The van der Waals surface area contributed by atoms with Gasteiger partial charge in [-0.05, 0) is 42.2 Å². The minimum atomic E-state index is -0.120. The normalized spacial score (nSPS) is 10.7. The van der Waals surface area contributed by atoms with Gasteiger partial charge >= 0.3 is 0 Å². The third kappa shape index (κ3) is 5.00. The van der Waals surface area contributed by atoms with Gasteiger partial charge in [-0.3, -0.25) is 10.1 Å². The first-order valence-corrected chi connectivity index (χ1v) is 11.0. The second kappa shape index (κ2) is 9.16. The summed E-state index contributed by atoms with van der Waals surface area (Å²) in [5.74, 6) is -0.120. The van der Waals surface area contributed by atoms with Crippen LogP contribution >= 0.6 is 27.3 Å². The Kier molecular flexibility index (Phi) is 6.17. The van der Waals surface area contributed by atoms with Crippen molar-refractivity contribution in [3.8, 4) is 11.3 Å². The van der Waals surface area contributed by atoms with Gasteiger partial charge in [0.1, 0.15) is 0 Å². The summed E-state index contributed by atoms with van der Waals surface area (Å²) in [6, 6.07) is 26.1. The Labute approximate surface area is 182 Å². The van der Waals surface area contributed by atoms with Gasteiger partial charge in [0, 0.05) is 21.0 Å². The minimum absolute atomic E-state index is 0.120. The Bertz CT molecular complexity index is 1110. The molecule has 3 nitrogen and oxygen atoms in total. The van der Waals surface area contributed by atoms with Gasteiger partial charge in [-0.1, -0.05) is 76.6 Å². The molecule has 0 aliphatic carbocycles. The highest BCUT2D eigenvalue weighted by atomic mass is 79.9. The average Bonchev–Trinajstić information content (AvgIpc) is 3.22. The third-order valence-electron chi connectivity index (χ3n) is 4.65. The summed E-state index contributed by atoms with van der Waals surface area (Å²) in [4.78, 5) is 17.5. The second-order valence-electron chi connectivity index (χ2n) is 6.64. The van der Waals surface area contributed by atoms with Gasteiger partial charge in [-0.25, -0.2) is 4.98 Å². The lowest BCUT2D eigenvalue weighted by molar-refractivity contribution is 0.102. The Balaban J connectivity index is 1.47. The van der Waals surface area contributed by atoms with Crippen molar-refractivity contribution in [2.24, 2.45) is 0 Å². The van der Waals surface area contributed by atoms with E-state index in [1.165, 1.54) is 16.9 Å². The van der Waals surface area contributed by atoms with Crippen LogP contribution in [0.25, 0.3) is 11.3 Å². The number of aryl methyl sites for hydroxylation is 2. The van der Waals surface area contributed by atoms with Gasteiger partial charge in [-0.15, -0.1) is 11.3 Å². The second-order valence-corrected chi connectivity index (χ2v) is 8.42. The van der Waals surface area contributed by atoms with E-state index >= 15 is 0 Å². The van der Waals surface area contributed by atoms with Crippen LogP contribution in [0.15, 0.2) is 88.7 Å². The van der Waals surface area contributed by atoms with Crippen LogP contribution in [0, 0.1) is 0 Å². The molecule has 0 unspecified atom stereocenters. The lowest BCUT2D eigenvalue weighted by atomic mass is 9.99. The molecule has 0 fully saturated rings. The van der Waals surface area contributed by atoms with Gasteiger partial charge in [0.25, 0.3) is 5.91 Å². The Hall–Kier alpha value is -2.76. The summed E-state index contributed by atoms with van der Waals surface area (Å²) < 4.78 is 1.03. The Morgan fingerprint density at radius 1 is 0.897 bits per heavy atom. The maximum atomic E-state index is 12.9. The van der Waals surface area contributed by atoms with Crippen LogP contribution in [0.5, 0.6) is 0 Å². The maximum Gasteiger partial charge on any atom is 0.257 e. The fourth-order valence-electron chi connectivity index (χ4n) is 3.13. The molecule has 0 bridgehead atoms. The number of hydrogen-bond donors (Lipinski definition) is 1. The molecule has 0 radical (unpaired) electrons. The van der Waals surface area contributed by atoms with E-state index in [1.807, 2.05) is 72.1 Å². The van der Waals surface area contributed by atoms with Crippen molar-refractivity contribution in [1.82, 2.24) is 4.98 Å². The van der Waals surface area contributed by atoms with E-state index in [0.29, 0.717) is 10.7 Å². The van der Waals surface area contributed by atoms with Crippen molar-refractivity contribution in [1.29, 1.82) is 0 Å². The fourth-order valence-corrected chi connectivity index (χ4v) is 4.11. The molecular weight excluding hydrogens is 444 g/mol. The van der Waals surface area contributed by atoms with Crippen molar-refractivity contribution < 1.29 is 4.79 Å². The number of amides is 1. The SMILES string of the molecule is O=C(Nc1nc(-c2ccc(Br)cc2)cs1)c1ccccc1CCc1ccccc1. The Morgan fingerprint density at radius 2 is 1.62 bits per heavy atom. The number of thiazole rings is 1. The zero-order valence-corrected chi connectivity index (χ0v) is 18.0. The van der Waals surface area contributed by atoms with Gasteiger partial charge in [0.2, 0.25) is 0 Å². The molecule has 1 heterocycles. The molecule has 0 spiro atoms. The van der Waals surface area contributed by atoms with E-state index in [9.17, 15) is 4.79 Å². The highest BCUT2D eigenvalue weighted by Gasteiger charge is 2.13. The van der Waals surface area contributed by atoms with Crippen LogP contribution in [0.3, 0.4) is 0 Å². The number of hydrogen-bond acceptors (Lipinski definition) is 3. The summed E-state index contributed by atoms with van der Waals surface area (Å²) in [6.07, 6.45) is 1.71. The molecule has 1 amide bonds. The minimum Gasteiger partial charge on any atom is -0.298 e. The van der Waals surface area contributed by atoms with E-state index < -0.39 is 0 Å². The first-order chi connectivity index (χ1) is 14.2. The summed E-state index contributed by atoms with van der Waals surface area (Å²) in [5, 5.41) is 5.52. The first-order valence-electron chi connectivity index (χ1n) is 9.34. The largest absolute Gasteiger partial charge is 0.298 e. The van der Waals surface area contributed by atoms with Gasteiger partial charge in [0.05, 0.1) is 5.69 Å². The average molecular weight is 463 g/mol. The molecule has 1 N–H and O–H groups in total. The molecule has 5 heteroatoms. The molecule has 0 atom stereocenters. The van der Waals surface area contributed by atoms with Crippen LogP contribution in [0.2, 0.25) is 0 Å². The summed E-state index contributed by atoms with van der Waals surface area (Å²) >= 11 is 4.87. The molecule has 4 aromatic rings. The van der Waals surface area contributed by atoms with Gasteiger partial charge in [-0.2, -0.15) is 0 Å². The molecule has 3 aromatic carbocycles. The topological polar surface area (TPSA) is 42.0 Å². The zero-order chi connectivity index (χ0) is 20.1. The van der Waals surface area contributed by atoms with Crippen LogP contribution in [0.4, 0.5) is 5.13 Å². The maximum absolute atomic E-state index is 12.9. The number of carbonyl (C=O) groups is 1. The third-order valence-corrected chi connectivity index (χ3v) is 5.94. The number of nitrogens with one attached hydrogen (secondary N) is 1. The van der Waals surface area contributed by atoms with E-state index in [1.54, 1.807) is 0 Å². The number of benzene rings is 3. The van der Waals surface area contributed by atoms with E-state index in [0.717, 1.165) is 34.1 Å². The zero-order valence-electron chi connectivity index (χ0n) is 15.6. The monoisotopic (exact) mass is 462 g/mol. The predicted molar refractivity (Wildman–Crippen MR) is 123 cm³/mol. The van der Waals surface area contributed by atoms with E-state index in [4.69, 9.17) is 0 Å². The molecule has 0 aliphatic heterocycles. The summed E-state index contributed by atoms with van der Waals surface area (Å²) in [6.45, 7) is 0. The lowest BCUT2D eigenvalue weighted by Gasteiger charge is -2.09. The Morgan fingerprint density at radius 3 is 2.41 bits per heavy atom. The van der Waals surface area contributed by atoms with Crippen molar-refractivity contribution >= 4 is 38.3 Å². The van der Waals surface area contributed by atoms with E-state index in [-0.39, 0.29) is 5.91 Å². The number of anilines is 1. The van der Waals surface area contributed by atoms with Crippen LogP contribution in [-0.4, -0.2) is 10.9 Å². The molecule has 0 aliphatic rings. The van der Waals surface area contributed by atoms with Crippen molar-refractivity contribution in [3.05, 3.63) is 105 Å². The van der Waals surface area contributed by atoms with Gasteiger partial charge in [0.15, 0.2) is 5.13 Å². The lowest BCUT2D eigenvalue weighted by Crippen LogP contribution is -2.14. The number of rotatable bonds is 6. The van der Waals surface area contributed by atoms with E-state index in [2.05, 4.69) is 38.4 Å². The first kappa shape index (κ1) is 19.6. The summed E-state index contributed by atoms with van der Waals surface area (Å²) in [5.41, 5.74) is 4.88. The number of halogens is 1. The summed E-state index contributed by atoms with van der Waals surface area (Å²) in [7, 11) is 0. The van der Waals surface area contributed by atoms with Gasteiger partial charge < -0.3 is 0 Å². The highest BCUT2D eigenvalue weighted by molar-refractivity contribution is 9.10. The van der Waals surface area contributed by atoms with Crippen molar-refractivity contribution in [2.45, 2.75) is 12.8 Å².